The predicted molar refractivity (Wildman–Crippen MR) is 78.4 cm³/mol. The van der Waals surface area contributed by atoms with Crippen LogP contribution in [0.2, 0.25) is 0 Å². The van der Waals surface area contributed by atoms with Crippen LogP contribution in [0.5, 0.6) is 0 Å². The van der Waals surface area contributed by atoms with Crippen molar-refractivity contribution in [2.45, 2.75) is 64.5 Å². The lowest BCUT2D eigenvalue weighted by atomic mass is 10.1. The molecule has 1 atom stereocenters. The zero-order valence-electron chi connectivity index (χ0n) is 13.0. The number of hydrogen-bond acceptors (Lipinski definition) is 3. The van der Waals surface area contributed by atoms with E-state index in [0.717, 1.165) is 18.5 Å². The fraction of sp³-hybridized carbons (Fsp3) is 0.667. The number of carboxylic acid groups (broad SMARTS) is 1. The van der Waals surface area contributed by atoms with Crippen molar-refractivity contribution in [1.29, 1.82) is 0 Å². The van der Waals surface area contributed by atoms with E-state index >= 15 is 0 Å². The number of carboxylic acids is 1. The van der Waals surface area contributed by atoms with Crippen molar-refractivity contribution >= 4 is 11.9 Å². The predicted octanol–water partition coefficient (Wildman–Crippen LogP) is 2.11. The van der Waals surface area contributed by atoms with E-state index in [1.165, 1.54) is 0 Å². The number of rotatable bonds is 5. The maximum absolute atomic E-state index is 12.2. The van der Waals surface area contributed by atoms with E-state index in [-0.39, 0.29) is 5.54 Å². The lowest BCUT2D eigenvalue weighted by molar-refractivity contribution is -0.139. The average Bonchev–Trinajstić information content (AvgIpc) is 3.12. The minimum absolute atomic E-state index is 0.201. The van der Waals surface area contributed by atoms with Crippen molar-refractivity contribution in [3.63, 3.8) is 0 Å². The van der Waals surface area contributed by atoms with Gasteiger partial charge in [-0.15, -0.1) is 0 Å². The van der Waals surface area contributed by atoms with Gasteiger partial charge in [-0.25, -0.2) is 4.79 Å². The molecule has 0 aromatic carbocycles. The van der Waals surface area contributed by atoms with E-state index in [1.807, 2.05) is 25.5 Å². The number of carbonyl (C=O) groups is 2. The van der Waals surface area contributed by atoms with Gasteiger partial charge in [0.2, 0.25) is 0 Å². The summed E-state index contributed by atoms with van der Waals surface area (Å²) in [5, 5.41) is 15.9. The molecule has 0 radical (unpaired) electrons. The quantitative estimate of drug-likeness (QED) is 0.870. The summed E-state index contributed by atoms with van der Waals surface area (Å²) >= 11 is 0. The van der Waals surface area contributed by atoms with Crippen molar-refractivity contribution in [2.24, 2.45) is 0 Å². The molecule has 0 saturated heterocycles. The molecule has 21 heavy (non-hydrogen) atoms. The molecule has 2 N–H and O–H groups in total. The van der Waals surface area contributed by atoms with Crippen molar-refractivity contribution in [1.82, 2.24) is 15.1 Å². The number of aliphatic carboxylic acids is 1. The van der Waals surface area contributed by atoms with Crippen LogP contribution in [0.4, 0.5) is 0 Å². The van der Waals surface area contributed by atoms with Gasteiger partial charge in [-0.1, -0.05) is 6.92 Å². The summed E-state index contributed by atoms with van der Waals surface area (Å²) in [5.41, 5.74) is 1.16. The fourth-order valence-electron chi connectivity index (χ4n) is 2.28. The maximum atomic E-state index is 12.2. The number of aromatic nitrogens is 2. The molecule has 6 nitrogen and oxygen atoms in total. The van der Waals surface area contributed by atoms with E-state index in [9.17, 15) is 9.59 Å². The monoisotopic (exact) mass is 293 g/mol. The molecule has 1 heterocycles. The molecule has 1 aliphatic carbocycles. The van der Waals surface area contributed by atoms with Crippen LogP contribution in [0.25, 0.3) is 0 Å². The lowest BCUT2D eigenvalue weighted by Gasteiger charge is -2.22. The van der Waals surface area contributed by atoms with E-state index in [0.29, 0.717) is 18.0 Å². The Morgan fingerprint density at radius 3 is 2.52 bits per heavy atom. The van der Waals surface area contributed by atoms with Gasteiger partial charge in [0, 0.05) is 11.6 Å². The molecule has 6 heteroatoms. The molecular weight excluding hydrogens is 270 g/mol. The van der Waals surface area contributed by atoms with Gasteiger partial charge in [-0.2, -0.15) is 5.10 Å². The number of nitrogens with zero attached hydrogens (tertiary/aromatic N) is 2. The Labute approximate surface area is 124 Å². The molecule has 1 unspecified atom stereocenters. The first-order valence-electron chi connectivity index (χ1n) is 7.38. The molecule has 1 fully saturated rings. The largest absolute Gasteiger partial charge is 0.480 e. The average molecular weight is 293 g/mol. The Kier molecular flexibility index (Phi) is 4.07. The van der Waals surface area contributed by atoms with Crippen LogP contribution >= 0.6 is 0 Å². The van der Waals surface area contributed by atoms with Crippen LogP contribution in [0, 0.1) is 0 Å². The standard InChI is InChI=1S/C15H23N3O3/c1-5-10(14(20)21)16-13(19)11-8-12(9-6-7-9)18(17-11)15(2,3)4/h8-10H,5-7H2,1-4H3,(H,16,19)(H,20,21). The first kappa shape index (κ1) is 15.5. The SMILES string of the molecule is CCC(NC(=O)c1cc(C2CC2)n(C(C)(C)C)n1)C(=O)O. The first-order chi connectivity index (χ1) is 9.74. The van der Waals surface area contributed by atoms with E-state index in [2.05, 4.69) is 10.4 Å². The van der Waals surface area contributed by atoms with Gasteiger partial charge in [-0.05, 0) is 46.1 Å². The highest BCUT2D eigenvalue weighted by molar-refractivity contribution is 5.95. The molecule has 116 valence electrons. The fourth-order valence-corrected chi connectivity index (χ4v) is 2.28. The van der Waals surface area contributed by atoms with E-state index < -0.39 is 17.9 Å². The first-order valence-corrected chi connectivity index (χ1v) is 7.38. The van der Waals surface area contributed by atoms with Gasteiger partial charge in [0.15, 0.2) is 0 Å². The van der Waals surface area contributed by atoms with Crippen molar-refractivity contribution in [2.75, 3.05) is 0 Å². The number of amides is 1. The molecule has 0 aliphatic heterocycles. The van der Waals surface area contributed by atoms with Gasteiger partial charge >= 0.3 is 5.97 Å². The molecule has 1 aromatic heterocycles. The van der Waals surface area contributed by atoms with Crippen LogP contribution in [-0.4, -0.2) is 32.8 Å². The Bertz CT molecular complexity index is 553. The van der Waals surface area contributed by atoms with Crippen LogP contribution in [0.3, 0.4) is 0 Å². The van der Waals surface area contributed by atoms with Gasteiger partial charge < -0.3 is 10.4 Å². The van der Waals surface area contributed by atoms with Gasteiger partial charge in [0.1, 0.15) is 11.7 Å². The third kappa shape index (κ3) is 3.43. The molecule has 0 spiro atoms. The molecule has 1 aliphatic rings. The highest BCUT2D eigenvalue weighted by Gasteiger charge is 2.33. The Hall–Kier alpha value is -1.85. The summed E-state index contributed by atoms with van der Waals surface area (Å²) < 4.78 is 1.89. The van der Waals surface area contributed by atoms with E-state index in [4.69, 9.17) is 5.11 Å². The maximum Gasteiger partial charge on any atom is 0.326 e. The highest BCUT2D eigenvalue weighted by atomic mass is 16.4. The third-order valence-corrected chi connectivity index (χ3v) is 3.61. The second-order valence-electron chi connectivity index (χ2n) is 6.58. The minimum Gasteiger partial charge on any atom is -0.480 e. The Balaban J connectivity index is 2.24. The zero-order valence-corrected chi connectivity index (χ0v) is 13.0. The summed E-state index contributed by atoms with van der Waals surface area (Å²) in [4.78, 5) is 23.2. The molecule has 1 aromatic rings. The van der Waals surface area contributed by atoms with Crippen molar-refractivity contribution in [3.05, 3.63) is 17.5 Å². The topological polar surface area (TPSA) is 84.2 Å². The summed E-state index contributed by atoms with van der Waals surface area (Å²) in [5.74, 6) is -0.975. The third-order valence-electron chi connectivity index (χ3n) is 3.61. The second kappa shape index (κ2) is 5.50. The molecule has 0 bridgehead atoms. The second-order valence-corrected chi connectivity index (χ2v) is 6.58. The smallest absolute Gasteiger partial charge is 0.326 e. The molecule has 1 saturated carbocycles. The van der Waals surface area contributed by atoms with E-state index in [1.54, 1.807) is 13.0 Å². The summed E-state index contributed by atoms with van der Waals surface area (Å²) in [7, 11) is 0. The molecular formula is C15H23N3O3. The molecule has 1 amide bonds. The van der Waals surface area contributed by atoms with Gasteiger partial charge in [0.25, 0.3) is 5.91 Å². The highest BCUT2D eigenvalue weighted by Crippen LogP contribution is 2.41. The minimum atomic E-state index is -1.02. The van der Waals surface area contributed by atoms with Gasteiger partial charge in [-0.3, -0.25) is 9.48 Å². The van der Waals surface area contributed by atoms with Crippen LogP contribution in [0.1, 0.15) is 69.1 Å². The normalized spacial score (nSPS) is 16.6. The number of carbonyl (C=O) groups excluding carboxylic acids is 1. The number of nitrogens with one attached hydrogen (secondary N) is 1. The summed E-state index contributed by atoms with van der Waals surface area (Å²) in [6.07, 6.45) is 2.58. The zero-order chi connectivity index (χ0) is 15.8. The Morgan fingerprint density at radius 1 is 1.48 bits per heavy atom. The van der Waals surface area contributed by atoms with Crippen molar-refractivity contribution < 1.29 is 14.7 Å². The van der Waals surface area contributed by atoms with Crippen LogP contribution in [0.15, 0.2) is 6.07 Å². The molecule has 2 rings (SSSR count). The summed E-state index contributed by atoms with van der Waals surface area (Å²) in [6, 6.07) is 0.925. The number of hydrogen-bond donors (Lipinski definition) is 2. The van der Waals surface area contributed by atoms with Crippen LogP contribution < -0.4 is 5.32 Å². The Morgan fingerprint density at radius 2 is 2.10 bits per heavy atom. The lowest BCUT2D eigenvalue weighted by Crippen LogP contribution is -2.40. The van der Waals surface area contributed by atoms with Crippen LogP contribution in [-0.2, 0) is 10.3 Å². The van der Waals surface area contributed by atoms with Gasteiger partial charge in [0.05, 0.1) is 5.54 Å². The summed E-state index contributed by atoms with van der Waals surface area (Å²) in [6.45, 7) is 7.85. The van der Waals surface area contributed by atoms with Crippen molar-refractivity contribution in [3.8, 4) is 0 Å².